The molecule has 1 N–H and O–H groups in total. The molecule has 2 aliphatic rings. The Morgan fingerprint density at radius 2 is 1.97 bits per heavy atom. The second-order valence-corrected chi connectivity index (χ2v) is 9.05. The van der Waals surface area contributed by atoms with Crippen LogP contribution in [-0.2, 0) is 4.79 Å². The van der Waals surface area contributed by atoms with E-state index < -0.39 is 11.7 Å². The number of ether oxygens (including phenoxy) is 1. The van der Waals surface area contributed by atoms with Crippen LogP contribution < -0.4 is 10.4 Å². The molecule has 30 heavy (non-hydrogen) atoms. The number of amides is 1. The van der Waals surface area contributed by atoms with Gasteiger partial charge in [0.2, 0.25) is 0 Å². The fourth-order valence-corrected chi connectivity index (χ4v) is 5.02. The average molecular weight is 414 g/mol. The molecule has 1 aromatic heterocycles. The van der Waals surface area contributed by atoms with Crippen LogP contribution in [0.5, 0.6) is 5.75 Å². The molecule has 1 aliphatic carbocycles. The van der Waals surface area contributed by atoms with Gasteiger partial charge in [0, 0.05) is 35.5 Å². The summed E-state index contributed by atoms with van der Waals surface area (Å²) in [5, 5.41) is 11.7. The molecule has 2 aromatic rings. The van der Waals surface area contributed by atoms with Crippen LogP contribution in [0.2, 0.25) is 0 Å². The summed E-state index contributed by atoms with van der Waals surface area (Å²) < 4.78 is 11.5. The van der Waals surface area contributed by atoms with Crippen molar-refractivity contribution in [3.63, 3.8) is 0 Å². The molecule has 4 rings (SSSR count). The Hall–Kier alpha value is -2.34. The van der Waals surface area contributed by atoms with Gasteiger partial charge >= 0.3 is 5.63 Å². The Morgan fingerprint density at radius 3 is 2.73 bits per heavy atom. The standard InChI is InChI=1S/C24H31NO5/c1-14-15(2)23(27)30-21-16(3)20(9-8-19(14)21)29-17(4)22(26)25-12-11-24(28)10-6-5-7-18(24)13-25/h8-9,17-18,28H,5-7,10-13H2,1-4H3/t17-,18+,24+/m1/s1. The van der Waals surface area contributed by atoms with E-state index in [4.69, 9.17) is 9.15 Å². The van der Waals surface area contributed by atoms with Gasteiger partial charge in [-0.3, -0.25) is 4.79 Å². The third kappa shape index (κ3) is 3.51. The predicted octanol–water partition coefficient (Wildman–Crippen LogP) is 3.64. The zero-order chi connectivity index (χ0) is 21.6. The molecule has 3 atom stereocenters. The molecule has 1 saturated carbocycles. The van der Waals surface area contributed by atoms with E-state index in [2.05, 4.69) is 0 Å². The molecule has 1 aliphatic heterocycles. The van der Waals surface area contributed by atoms with Crippen molar-refractivity contribution in [2.24, 2.45) is 5.92 Å². The van der Waals surface area contributed by atoms with Crippen molar-refractivity contribution >= 4 is 16.9 Å². The first-order valence-electron chi connectivity index (χ1n) is 10.9. The highest BCUT2D eigenvalue weighted by atomic mass is 16.5. The molecule has 6 nitrogen and oxygen atoms in total. The van der Waals surface area contributed by atoms with Crippen molar-refractivity contribution in [1.29, 1.82) is 0 Å². The van der Waals surface area contributed by atoms with Crippen molar-refractivity contribution in [3.05, 3.63) is 39.2 Å². The lowest BCUT2D eigenvalue weighted by atomic mass is 9.71. The van der Waals surface area contributed by atoms with Crippen molar-refractivity contribution in [2.45, 2.75) is 71.5 Å². The maximum Gasteiger partial charge on any atom is 0.339 e. The highest BCUT2D eigenvalue weighted by Crippen LogP contribution is 2.40. The topological polar surface area (TPSA) is 80.0 Å². The lowest BCUT2D eigenvalue weighted by Gasteiger charge is -2.47. The first kappa shape index (κ1) is 20.9. The second-order valence-electron chi connectivity index (χ2n) is 9.05. The molecular formula is C24H31NO5. The molecule has 0 spiro atoms. The number of rotatable bonds is 3. The van der Waals surface area contributed by atoms with Crippen molar-refractivity contribution in [1.82, 2.24) is 4.90 Å². The van der Waals surface area contributed by atoms with Gasteiger partial charge in [-0.05, 0) is 64.7 Å². The number of carbonyl (C=O) groups is 1. The zero-order valence-electron chi connectivity index (χ0n) is 18.3. The molecule has 0 bridgehead atoms. The van der Waals surface area contributed by atoms with Crippen LogP contribution >= 0.6 is 0 Å². The maximum absolute atomic E-state index is 13.1. The number of carbonyl (C=O) groups excluding carboxylic acids is 1. The first-order valence-corrected chi connectivity index (χ1v) is 10.9. The van der Waals surface area contributed by atoms with E-state index in [0.29, 0.717) is 42.0 Å². The SMILES string of the molecule is Cc1c(C)c2ccc(O[C@H](C)C(=O)N3CC[C@@]4(O)CCCC[C@H]4C3)c(C)c2oc1=O. The van der Waals surface area contributed by atoms with E-state index in [-0.39, 0.29) is 17.5 Å². The number of hydrogen-bond donors (Lipinski definition) is 1. The van der Waals surface area contributed by atoms with Crippen LogP contribution in [-0.4, -0.2) is 40.7 Å². The zero-order valence-corrected chi connectivity index (χ0v) is 18.3. The van der Waals surface area contributed by atoms with Gasteiger partial charge in [-0.1, -0.05) is 12.8 Å². The van der Waals surface area contributed by atoms with Crippen LogP contribution in [0.25, 0.3) is 11.0 Å². The number of aliphatic hydroxyl groups is 1. The number of likely N-dealkylation sites (tertiary alicyclic amines) is 1. The minimum Gasteiger partial charge on any atom is -0.480 e. The summed E-state index contributed by atoms with van der Waals surface area (Å²) in [6.45, 7) is 8.41. The molecule has 0 radical (unpaired) electrons. The number of benzene rings is 1. The number of hydrogen-bond acceptors (Lipinski definition) is 5. The van der Waals surface area contributed by atoms with E-state index in [1.807, 2.05) is 30.9 Å². The van der Waals surface area contributed by atoms with Crippen LogP contribution in [0, 0.1) is 26.7 Å². The highest BCUT2D eigenvalue weighted by molar-refractivity contribution is 5.86. The van der Waals surface area contributed by atoms with Gasteiger partial charge in [-0.25, -0.2) is 4.79 Å². The fraction of sp³-hybridized carbons (Fsp3) is 0.583. The van der Waals surface area contributed by atoms with Gasteiger partial charge in [0.25, 0.3) is 5.91 Å². The van der Waals surface area contributed by atoms with Crippen molar-refractivity contribution in [2.75, 3.05) is 13.1 Å². The van der Waals surface area contributed by atoms with E-state index in [9.17, 15) is 14.7 Å². The number of fused-ring (bicyclic) bond motifs is 2. The quantitative estimate of drug-likeness (QED) is 0.777. The summed E-state index contributed by atoms with van der Waals surface area (Å²) in [7, 11) is 0. The predicted molar refractivity (Wildman–Crippen MR) is 115 cm³/mol. The molecule has 6 heteroatoms. The number of piperidine rings is 1. The first-order chi connectivity index (χ1) is 14.2. The Kier molecular flexibility index (Phi) is 5.39. The van der Waals surface area contributed by atoms with Gasteiger partial charge < -0.3 is 19.2 Å². The summed E-state index contributed by atoms with van der Waals surface area (Å²) in [4.78, 5) is 27.0. The Bertz CT molecular complexity index is 1040. The third-order valence-electron chi connectivity index (χ3n) is 7.21. The summed E-state index contributed by atoms with van der Waals surface area (Å²) in [5.74, 6) is 0.628. The minimum absolute atomic E-state index is 0.0661. The molecular weight excluding hydrogens is 382 g/mol. The lowest BCUT2D eigenvalue weighted by Crippen LogP contribution is -2.56. The maximum atomic E-state index is 13.1. The highest BCUT2D eigenvalue weighted by Gasteiger charge is 2.44. The van der Waals surface area contributed by atoms with Gasteiger partial charge in [0.05, 0.1) is 5.60 Å². The van der Waals surface area contributed by atoms with Crippen LogP contribution in [0.1, 0.15) is 55.7 Å². The van der Waals surface area contributed by atoms with Crippen molar-refractivity contribution < 1.29 is 19.1 Å². The van der Waals surface area contributed by atoms with Gasteiger partial charge in [-0.15, -0.1) is 0 Å². The van der Waals surface area contributed by atoms with Gasteiger partial charge in [0.1, 0.15) is 11.3 Å². The average Bonchev–Trinajstić information content (AvgIpc) is 2.73. The molecule has 1 amide bonds. The van der Waals surface area contributed by atoms with Crippen LogP contribution in [0.3, 0.4) is 0 Å². The monoisotopic (exact) mass is 413 g/mol. The van der Waals surface area contributed by atoms with E-state index in [1.54, 1.807) is 13.8 Å². The largest absolute Gasteiger partial charge is 0.480 e. The fourth-order valence-electron chi connectivity index (χ4n) is 5.02. The summed E-state index contributed by atoms with van der Waals surface area (Å²) in [6.07, 6.45) is 3.96. The van der Waals surface area contributed by atoms with E-state index >= 15 is 0 Å². The van der Waals surface area contributed by atoms with Gasteiger partial charge in [0.15, 0.2) is 6.10 Å². The molecule has 0 unspecified atom stereocenters. The Balaban J connectivity index is 1.52. The summed E-state index contributed by atoms with van der Waals surface area (Å²) in [6, 6.07) is 3.72. The molecule has 1 saturated heterocycles. The normalized spacial score (nSPS) is 25.1. The Morgan fingerprint density at radius 1 is 1.20 bits per heavy atom. The number of aryl methyl sites for hydroxylation is 2. The molecule has 2 heterocycles. The lowest BCUT2D eigenvalue weighted by molar-refractivity contribution is -0.149. The molecule has 162 valence electrons. The second kappa shape index (κ2) is 7.73. The molecule has 2 fully saturated rings. The molecule has 1 aromatic carbocycles. The summed E-state index contributed by atoms with van der Waals surface area (Å²) >= 11 is 0. The minimum atomic E-state index is -0.658. The third-order valence-corrected chi connectivity index (χ3v) is 7.21. The number of nitrogens with zero attached hydrogens (tertiary/aromatic N) is 1. The van der Waals surface area contributed by atoms with Crippen LogP contribution in [0.4, 0.5) is 0 Å². The van der Waals surface area contributed by atoms with Gasteiger partial charge in [-0.2, -0.15) is 0 Å². The Labute approximate surface area is 176 Å². The van der Waals surface area contributed by atoms with E-state index in [0.717, 1.165) is 36.6 Å². The smallest absolute Gasteiger partial charge is 0.339 e. The van der Waals surface area contributed by atoms with Crippen molar-refractivity contribution in [3.8, 4) is 5.75 Å². The summed E-state index contributed by atoms with van der Waals surface area (Å²) in [5.41, 5.74) is 1.76. The van der Waals surface area contributed by atoms with Crippen LogP contribution in [0.15, 0.2) is 21.3 Å². The van der Waals surface area contributed by atoms with E-state index in [1.165, 1.54) is 0 Å².